The molecule has 0 aromatic heterocycles. The maximum Gasteiger partial charge on any atom is 0.312 e. The van der Waals surface area contributed by atoms with Crippen LogP contribution in [-0.2, 0) is 17.6 Å². The molecule has 1 aromatic carbocycles. The second-order valence-corrected chi connectivity index (χ2v) is 4.96. The minimum absolute atomic E-state index is 0.386. The standard InChI is InChI=1S/C13H16N2O3/c16-12-10(13(17)18)11(14-15-12)9-5-4-7-2-1-3-8(7)6-9/h4-6,10-12,14-16H,1-3H2,(H,17,18). The highest BCUT2D eigenvalue weighted by atomic mass is 16.4. The van der Waals surface area contributed by atoms with E-state index in [1.54, 1.807) is 0 Å². The third-order valence-corrected chi connectivity index (χ3v) is 3.85. The van der Waals surface area contributed by atoms with Gasteiger partial charge in [-0.05, 0) is 36.0 Å². The number of benzene rings is 1. The smallest absolute Gasteiger partial charge is 0.312 e. The average Bonchev–Trinajstić information content (AvgIpc) is 2.93. The molecule has 1 heterocycles. The average molecular weight is 248 g/mol. The van der Waals surface area contributed by atoms with Crippen molar-refractivity contribution in [2.24, 2.45) is 5.92 Å². The first-order valence-electron chi connectivity index (χ1n) is 6.20. The van der Waals surface area contributed by atoms with E-state index in [2.05, 4.69) is 23.0 Å². The van der Waals surface area contributed by atoms with Crippen LogP contribution in [0.4, 0.5) is 0 Å². The largest absolute Gasteiger partial charge is 0.481 e. The molecule has 1 fully saturated rings. The van der Waals surface area contributed by atoms with Crippen LogP contribution in [0.15, 0.2) is 18.2 Å². The van der Waals surface area contributed by atoms with Crippen molar-refractivity contribution in [3.63, 3.8) is 0 Å². The Labute approximate surface area is 105 Å². The Hall–Kier alpha value is -1.43. The zero-order chi connectivity index (χ0) is 12.7. The van der Waals surface area contributed by atoms with Crippen molar-refractivity contribution in [3.05, 3.63) is 34.9 Å². The highest BCUT2D eigenvalue weighted by Gasteiger charge is 2.41. The Bertz CT molecular complexity index is 489. The van der Waals surface area contributed by atoms with E-state index in [1.165, 1.54) is 17.5 Å². The first-order chi connectivity index (χ1) is 8.66. The zero-order valence-corrected chi connectivity index (χ0v) is 9.89. The van der Waals surface area contributed by atoms with Gasteiger partial charge in [-0.3, -0.25) is 4.79 Å². The third kappa shape index (κ3) is 1.80. The number of fused-ring (bicyclic) bond motifs is 1. The Morgan fingerprint density at radius 2 is 2.00 bits per heavy atom. The summed E-state index contributed by atoms with van der Waals surface area (Å²) in [5.74, 6) is -1.85. The van der Waals surface area contributed by atoms with Crippen molar-refractivity contribution >= 4 is 5.97 Å². The van der Waals surface area contributed by atoms with Crippen LogP contribution in [-0.4, -0.2) is 22.4 Å². The van der Waals surface area contributed by atoms with Gasteiger partial charge in [-0.1, -0.05) is 18.2 Å². The van der Waals surface area contributed by atoms with Crippen LogP contribution in [0, 0.1) is 5.92 Å². The van der Waals surface area contributed by atoms with Crippen LogP contribution in [0.5, 0.6) is 0 Å². The highest BCUT2D eigenvalue weighted by Crippen LogP contribution is 2.31. The number of aliphatic hydroxyl groups excluding tert-OH is 1. The molecule has 1 aliphatic carbocycles. The van der Waals surface area contributed by atoms with Gasteiger partial charge in [-0.2, -0.15) is 0 Å². The minimum Gasteiger partial charge on any atom is -0.481 e. The van der Waals surface area contributed by atoms with E-state index >= 15 is 0 Å². The van der Waals surface area contributed by atoms with Gasteiger partial charge in [0.1, 0.15) is 12.1 Å². The maximum absolute atomic E-state index is 11.2. The molecule has 5 nitrogen and oxygen atoms in total. The summed E-state index contributed by atoms with van der Waals surface area (Å²) in [6.45, 7) is 0. The van der Waals surface area contributed by atoms with Crippen molar-refractivity contribution < 1.29 is 15.0 Å². The molecule has 0 radical (unpaired) electrons. The fraction of sp³-hybridized carbons (Fsp3) is 0.462. The zero-order valence-electron chi connectivity index (χ0n) is 9.89. The number of aliphatic hydroxyl groups is 1. The van der Waals surface area contributed by atoms with Gasteiger partial charge >= 0.3 is 5.97 Å². The molecule has 0 saturated carbocycles. The summed E-state index contributed by atoms with van der Waals surface area (Å²) in [4.78, 5) is 11.2. The van der Waals surface area contributed by atoms with Gasteiger partial charge in [0.2, 0.25) is 0 Å². The molecule has 1 saturated heterocycles. The van der Waals surface area contributed by atoms with E-state index in [1.807, 2.05) is 6.07 Å². The number of nitrogens with one attached hydrogen (secondary N) is 2. The topological polar surface area (TPSA) is 81.6 Å². The predicted molar refractivity (Wildman–Crippen MR) is 64.6 cm³/mol. The lowest BCUT2D eigenvalue weighted by Crippen LogP contribution is -2.33. The molecule has 3 rings (SSSR count). The van der Waals surface area contributed by atoms with Crippen LogP contribution in [0.25, 0.3) is 0 Å². The first kappa shape index (κ1) is 11.6. The minimum atomic E-state index is -1.05. The number of carbonyl (C=O) groups is 1. The fourth-order valence-electron chi connectivity index (χ4n) is 2.89. The maximum atomic E-state index is 11.2. The van der Waals surface area contributed by atoms with Crippen molar-refractivity contribution in [3.8, 4) is 0 Å². The lowest BCUT2D eigenvalue weighted by molar-refractivity contribution is -0.145. The Morgan fingerprint density at radius 1 is 1.22 bits per heavy atom. The predicted octanol–water partition coefficient (Wildman–Crippen LogP) is 0.343. The van der Waals surface area contributed by atoms with Crippen molar-refractivity contribution in [2.75, 3.05) is 0 Å². The lowest BCUT2D eigenvalue weighted by atomic mass is 9.92. The van der Waals surface area contributed by atoms with Crippen LogP contribution >= 0.6 is 0 Å². The van der Waals surface area contributed by atoms with Gasteiger partial charge in [-0.25, -0.2) is 10.9 Å². The van der Waals surface area contributed by atoms with Gasteiger partial charge in [0.15, 0.2) is 0 Å². The summed E-state index contributed by atoms with van der Waals surface area (Å²) >= 11 is 0. The van der Waals surface area contributed by atoms with Gasteiger partial charge in [0, 0.05) is 0 Å². The molecule has 0 bridgehead atoms. The summed E-state index contributed by atoms with van der Waals surface area (Å²) in [7, 11) is 0. The highest BCUT2D eigenvalue weighted by molar-refractivity contribution is 5.72. The number of aliphatic carboxylic acids is 1. The second kappa shape index (κ2) is 4.35. The van der Waals surface area contributed by atoms with Crippen molar-refractivity contribution in [2.45, 2.75) is 31.5 Å². The van der Waals surface area contributed by atoms with Crippen LogP contribution in [0.3, 0.4) is 0 Å². The fourth-order valence-corrected chi connectivity index (χ4v) is 2.89. The molecule has 4 N–H and O–H groups in total. The molecular weight excluding hydrogens is 232 g/mol. The van der Waals surface area contributed by atoms with Gasteiger partial charge in [-0.15, -0.1) is 0 Å². The number of hydrogen-bond acceptors (Lipinski definition) is 4. The molecule has 1 aromatic rings. The van der Waals surface area contributed by atoms with E-state index in [0.29, 0.717) is 0 Å². The molecule has 1 aliphatic heterocycles. The molecular formula is C13H16N2O3. The molecule has 5 heteroatoms. The molecule has 3 unspecified atom stereocenters. The second-order valence-electron chi connectivity index (χ2n) is 4.96. The Balaban J connectivity index is 1.92. The van der Waals surface area contributed by atoms with E-state index in [0.717, 1.165) is 18.4 Å². The van der Waals surface area contributed by atoms with Gasteiger partial charge < -0.3 is 10.2 Å². The van der Waals surface area contributed by atoms with E-state index in [9.17, 15) is 9.90 Å². The van der Waals surface area contributed by atoms with Crippen LogP contribution < -0.4 is 10.9 Å². The summed E-state index contributed by atoms with van der Waals surface area (Å²) in [6.07, 6.45) is 2.28. The summed E-state index contributed by atoms with van der Waals surface area (Å²) in [5, 5.41) is 18.8. The Kier molecular flexibility index (Phi) is 2.81. The molecule has 3 atom stereocenters. The monoisotopic (exact) mass is 248 g/mol. The lowest BCUT2D eigenvalue weighted by Gasteiger charge is -2.17. The van der Waals surface area contributed by atoms with Crippen LogP contribution in [0.2, 0.25) is 0 Å². The SMILES string of the molecule is O=C(O)C1C(O)NNC1c1ccc2c(c1)CCC2. The van der Waals surface area contributed by atoms with E-state index in [-0.39, 0.29) is 6.04 Å². The quantitative estimate of drug-likeness (QED) is 0.607. The van der Waals surface area contributed by atoms with Crippen LogP contribution in [0.1, 0.15) is 29.2 Å². The number of carboxylic acids is 1. The normalized spacial score (nSPS) is 30.4. The number of aryl methyl sites for hydroxylation is 2. The molecule has 0 spiro atoms. The molecule has 2 aliphatic rings. The molecule has 0 amide bonds. The molecule has 96 valence electrons. The van der Waals surface area contributed by atoms with Crippen molar-refractivity contribution in [1.82, 2.24) is 10.9 Å². The number of hydrazine groups is 1. The Morgan fingerprint density at radius 3 is 2.78 bits per heavy atom. The van der Waals surface area contributed by atoms with Gasteiger partial charge in [0.25, 0.3) is 0 Å². The summed E-state index contributed by atoms with van der Waals surface area (Å²) in [5.41, 5.74) is 9.04. The van der Waals surface area contributed by atoms with E-state index < -0.39 is 18.1 Å². The number of carboxylic acid groups (broad SMARTS) is 1. The summed E-state index contributed by atoms with van der Waals surface area (Å²) in [6, 6.07) is 5.71. The number of rotatable bonds is 2. The third-order valence-electron chi connectivity index (χ3n) is 3.85. The first-order valence-corrected chi connectivity index (χ1v) is 6.20. The number of hydrogen-bond donors (Lipinski definition) is 4. The van der Waals surface area contributed by atoms with E-state index in [4.69, 9.17) is 5.11 Å². The van der Waals surface area contributed by atoms with Crippen molar-refractivity contribution in [1.29, 1.82) is 0 Å². The molecule has 18 heavy (non-hydrogen) atoms. The van der Waals surface area contributed by atoms with Gasteiger partial charge in [0.05, 0.1) is 6.04 Å². The summed E-state index contributed by atoms with van der Waals surface area (Å²) < 4.78 is 0.